The number of nitrogens with one attached hydrogen (secondary N) is 1. The largest absolute Gasteiger partial charge is 0.323 e. The molecule has 0 saturated heterocycles. The molecule has 0 aliphatic rings. The van der Waals surface area contributed by atoms with Gasteiger partial charge < -0.3 is 5.32 Å². The first kappa shape index (κ1) is 23.6. The van der Waals surface area contributed by atoms with Gasteiger partial charge >= 0.3 is 0 Å². The molecule has 0 bridgehead atoms. The lowest BCUT2D eigenvalue weighted by Crippen LogP contribution is -2.42. The fraction of sp³-hybridized carbons (Fsp3) is 0. The van der Waals surface area contributed by atoms with Crippen LogP contribution in [0.1, 0.15) is 20.7 Å². The first-order chi connectivity index (χ1) is 18.0. The molecule has 0 saturated carbocycles. The highest BCUT2D eigenvalue weighted by atomic mass is 19.1. The fourth-order valence-electron chi connectivity index (χ4n) is 3.68. The van der Waals surface area contributed by atoms with Gasteiger partial charge in [-0.05, 0) is 60.7 Å². The summed E-state index contributed by atoms with van der Waals surface area (Å²) < 4.78 is 15.1. The number of amides is 2. The molecule has 1 heterocycles. The second-order valence-electron chi connectivity index (χ2n) is 8.06. The minimum Gasteiger partial charge on any atom is -0.323 e. The van der Waals surface area contributed by atoms with Gasteiger partial charge in [0.1, 0.15) is 5.82 Å². The second kappa shape index (κ2) is 10.2. The Labute approximate surface area is 211 Å². The van der Waals surface area contributed by atoms with E-state index in [0.29, 0.717) is 33.7 Å². The molecule has 4 aromatic carbocycles. The lowest BCUT2D eigenvalue weighted by atomic mass is 10.1. The zero-order valence-corrected chi connectivity index (χ0v) is 19.5. The van der Waals surface area contributed by atoms with Crippen LogP contribution in [0.4, 0.5) is 16.0 Å². The van der Waals surface area contributed by atoms with Crippen molar-refractivity contribution in [2.24, 2.45) is 5.84 Å². The van der Waals surface area contributed by atoms with Gasteiger partial charge in [-0.25, -0.2) is 19.9 Å². The Morgan fingerprint density at radius 3 is 1.95 bits per heavy atom. The normalized spacial score (nSPS) is 10.6. The van der Waals surface area contributed by atoms with E-state index in [9.17, 15) is 14.0 Å². The van der Waals surface area contributed by atoms with E-state index in [0.717, 1.165) is 5.56 Å². The van der Waals surface area contributed by atoms with Crippen molar-refractivity contribution < 1.29 is 14.0 Å². The minimum atomic E-state index is -0.634. The third-order valence-corrected chi connectivity index (χ3v) is 5.56. The Hall–Kier alpha value is -5.15. The predicted octanol–water partition coefficient (Wildman–Crippen LogP) is 4.97. The maximum Gasteiger partial charge on any atom is 0.275 e. The number of anilines is 2. The number of rotatable bonds is 6. The summed E-state index contributed by atoms with van der Waals surface area (Å²) in [5.41, 5.74) is 2.65. The van der Waals surface area contributed by atoms with E-state index in [2.05, 4.69) is 15.4 Å². The zero-order valence-electron chi connectivity index (χ0n) is 19.5. The highest BCUT2D eigenvalue weighted by Gasteiger charge is 2.21. The van der Waals surface area contributed by atoms with Crippen LogP contribution in [-0.2, 0) is 0 Å². The summed E-state index contributed by atoms with van der Waals surface area (Å²) in [6.07, 6.45) is 0. The van der Waals surface area contributed by atoms with Gasteiger partial charge in [0, 0.05) is 22.4 Å². The number of nitrogens with two attached hydrogens (primary N) is 1. The number of benzene rings is 4. The highest BCUT2D eigenvalue weighted by Crippen LogP contribution is 2.24. The van der Waals surface area contributed by atoms with Gasteiger partial charge in [-0.1, -0.05) is 48.5 Å². The van der Waals surface area contributed by atoms with Crippen molar-refractivity contribution in [2.45, 2.75) is 0 Å². The molecule has 0 aliphatic carbocycles. The van der Waals surface area contributed by atoms with Crippen molar-refractivity contribution in [2.75, 3.05) is 5.32 Å². The van der Waals surface area contributed by atoms with Gasteiger partial charge in [-0.2, -0.15) is 4.98 Å². The Morgan fingerprint density at radius 1 is 0.757 bits per heavy atom. The predicted molar refractivity (Wildman–Crippen MR) is 138 cm³/mol. The topological polar surface area (TPSA) is 106 Å². The van der Waals surface area contributed by atoms with E-state index in [-0.39, 0.29) is 11.4 Å². The summed E-state index contributed by atoms with van der Waals surface area (Å²) in [7, 11) is 0. The lowest BCUT2D eigenvalue weighted by Gasteiger charge is -2.15. The number of hydrogen-bond donors (Lipinski definition) is 2. The molecule has 0 unspecified atom stereocenters. The third kappa shape index (κ3) is 5.12. The Bertz CT molecular complexity index is 1540. The number of hydrogen-bond acceptors (Lipinski definition) is 6. The maximum absolute atomic E-state index is 13.5. The van der Waals surface area contributed by atoms with Crippen molar-refractivity contribution in [1.29, 1.82) is 0 Å². The van der Waals surface area contributed by atoms with Gasteiger partial charge in [-0.3, -0.25) is 9.59 Å². The Balaban J connectivity index is 1.37. The molecule has 0 spiro atoms. The number of halogens is 1. The summed E-state index contributed by atoms with van der Waals surface area (Å²) >= 11 is 0. The van der Waals surface area contributed by atoms with Crippen molar-refractivity contribution >= 4 is 23.5 Å². The molecule has 9 heteroatoms. The summed E-state index contributed by atoms with van der Waals surface area (Å²) in [6.45, 7) is 0. The molecule has 3 N–H and O–H groups in total. The number of hydrazine groups is 1. The number of nitrogens with zero attached hydrogens (tertiary/aromatic N) is 4. The number of aromatic nitrogens is 3. The summed E-state index contributed by atoms with van der Waals surface area (Å²) in [5.74, 6) is 5.09. The molecule has 37 heavy (non-hydrogen) atoms. The van der Waals surface area contributed by atoms with Crippen LogP contribution in [0.15, 0.2) is 109 Å². The van der Waals surface area contributed by atoms with Crippen LogP contribution in [0.2, 0.25) is 0 Å². The first-order valence-electron chi connectivity index (χ1n) is 11.3. The van der Waals surface area contributed by atoms with Crippen LogP contribution in [-0.4, -0.2) is 31.6 Å². The molecular weight excluding hydrogens is 471 g/mol. The molecule has 0 aliphatic heterocycles. The van der Waals surface area contributed by atoms with Gasteiger partial charge in [0.2, 0.25) is 5.95 Å². The van der Waals surface area contributed by atoms with E-state index < -0.39 is 11.8 Å². The van der Waals surface area contributed by atoms with E-state index in [1.165, 1.54) is 12.1 Å². The van der Waals surface area contributed by atoms with E-state index in [4.69, 9.17) is 5.84 Å². The zero-order chi connectivity index (χ0) is 25.8. The molecule has 8 nitrogen and oxygen atoms in total. The number of carbonyl (C=O) groups is 2. The van der Waals surface area contributed by atoms with Crippen LogP contribution < -0.4 is 11.2 Å². The van der Waals surface area contributed by atoms with Crippen molar-refractivity contribution in [3.05, 3.63) is 126 Å². The van der Waals surface area contributed by atoms with E-state index in [1.54, 1.807) is 71.4 Å². The minimum absolute atomic E-state index is 0.243. The van der Waals surface area contributed by atoms with Crippen LogP contribution in [0.5, 0.6) is 0 Å². The highest BCUT2D eigenvalue weighted by molar-refractivity contribution is 6.09. The molecule has 5 rings (SSSR count). The van der Waals surface area contributed by atoms with Gasteiger partial charge in [0.05, 0.1) is 5.69 Å². The van der Waals surface area contributed by atoms with Crippen LogP contribution in [0.3, 0.4) is 0 Å². The molecule has 0 radical (unpaired) electrons. The average Bonchev–Trinajstić information content (AvgIpc) is 3.37. The van der Waals surface area contributed by atoms with Crippen molar-refractivity contribution in [1.82, 2.24) is 19.8 Å². The van der Waals surface area contributed by atoms with E-state index >= 15 is 0 Å². The molecule has 5 aromatic rings. The molecule has 0 atom stereocenters. The van der Waals surface area contributed by atoms with Gasteiger partial charge in [-0.15, -0.1) is 5.10 Å². The SMILES string of the molecule is NN(C(=O)c1ccccc1)C(=O)c1ccc(Nc2nc(-c3ccccc3)n(-c3ccc(F)cc3)n2)cc1. The molecular formula is C28H21FN6O2. The Morgan fingerprint density at radius 2 is 1.32 bits per heavy atom. The second-order valence-corrected chi connectivity index (χ2v) is 8.06. The molecule has 1 aromatic heterocycles. The van der Waals surface area contributed by atoms with Crippen LogP contribution in [0.25, 0.3) is 17.1 Å². The molecule has 2 amide bonds. The van der Waals surface area contributed by atoms with Gasteiger partial charge in [0.25, 0.3) is 11.8 Å². The van der Waals surface area contributed by atoms with Crippen molar-refractivity contribution in [3.63, 3.8) is 0 Å². The standard InChI is InChI=1S/C28H21FN6O2/c29-22-13-17-24(18-14-22)35-25(19-7-3-1-4-8-19)32-28(33-35)31-23-15-11-21(12-16-23)27(37)34(30)26(36)20-9-5-2-6-10-20/h1-18H,30H2,(H,31,33). The number of imide groups is 1. The van der Waals surface area contributed by atoms with E-state index in [1.807, 2.05) is 30.3 Å². The summed E-state index contributed by atoms with van der Waals surface area (Å²) in [6, 6.07) is 30.2. The van der Waals surface area contributed by atoms with Gasteiger partial charge in [0.15, 0.2) is 5.82 Å². The summed E-state index contributed by atoms with van der Waals surface area (Å²) in [5, 5.41) is 8.27. The first-order valence-corrected chi connectivity index (χ1v) is 11.3. The maximum atomic E-state index is 13.5. The molecule has 0 fully saturated rings. The van der Waals surface area contributed by atoms with Crippen LogP contribution >= 0.6 is 0 Å². The lowest BCUT2D eigenvalue weighted by molar-refractivity contribution is 0.0615. The van der Waals surface area contributed by atoms with Crippen LogP contribution in [0, 0.1) is 5.82 Å². The number of carbonyl (C=O) groups excluding carboxylic acids is 2. The summed E-state index contributed by atoms with van der Waals surface area (Å²) in [4.78, 5) is 29.8. The monoisotopic (exact) mass is 492 g/mol. The average molecular weight is 493 g/mol. The quantitative estimate of drug-likeness (QED) is 0.150. The smallest absolute Gasteiger partial charge is 0.275 e. The fourth-order valence-corrected chi connectivity index (χ4v) is 3.68. The Kier molecular flexibility index (Phi) is 6.52. The molecule has 182 valence electrons. The van der Waals surface area contributed by atoms with Crippen molar-refractivity contribution in [3.8, 4) is 17.1 Å². The third-order valence-electron chi connectivity index (χ3n) is 5.56.